The molecule has 1 unspecified atom stereocenters. The number of aromatic nitrogens is 2. The Morgan fingerprint density at radius 3 is 2.70 bits per heavy atom. The van der Waals surface area contributed by atoms with Crippen LogP contribution in [0.4, 0.5) is 4.79 Å². The van der Waals surface area contributed by atoms with Crippen LogP contribution in [0.1, 0.15) is 37.7 Å². The zero-order valence-electron chi connectivity index (χ0n) is 12.0. The van der Waals surface area contributed by atoms with Crippen molar-refractivity contribution in [1.82, 2.24) is 14.9 Å². The summed E-state index contributed by atoms with van der Waals surface area (Å²) in [4.78, 5) is 33.6. The molecule has 1 amide bonds. The van der Waals surface area contributed by atoms with Crippen LogP contribution in [0.5, 0.6) is 0 Å². The molecule has 0 spiro atoms. The fraction of sp³-hybridized carbons (Fsp3) is 0.571. The molecule has 6 heteroatoms. The maximum Gasteiger partial charge on any atom is 0.410 e. The van der Waals surface area contributed by atoms with E-state index in [4.69, 9.17) is 4.74 Å². The van der Waals surface area contributed by atoms with Gasteiger partial charge in [0.2, 0.25) is 0 Å². The number of carbonyl (C=O) groups is 2. The molecule has 0 aromatic carbocycles. The number of carbonyl (C=O) groups excluding carboxylic acids is 2. The summed E-state index contributed by atoms with van der Waals surface area (Å²) >= 11 is 0. The van der Waals surface area contributed by atoms with Gasteiger partial charge in [-0.25, -0.2) is 9.78 Å². The van der Waals surface area contributed by atoms with E-state index in [1.54, 1.807) is 4.90 Å². The molecule has 2 rings (SSSR count). The Balaban J connectivity index is 1.96. The first kappa shape index (κ1) is 14.4. The molecule has 1 aliphatic heterocycles. The van der Waals surface area contributed by atoms with Gasteiger partial charge in [0.05, 0.1) is 6.20 Å². The van der Waals surface area contributed by atoms with Crippen LogP contribution in [0.2, 0.25) is 0 Å². The summed E-state index contributed by atoms with van der Waals surface area (Å²) in [5, 5.41) is 0. The van der Waals surface area contributed by atoms with E-state index in [0.717, 1.165) is 0 Å². The van der Waals surface area contributed by atoms with Crippen molar-refractivity contribution < 1.29 is 14.3 Å². The SMILES string of the molecule is CC(C)(C)OC(=O)N1CCC(C(=O)c2cnccn2)C1. The highest BCUT2D eigenvalue weighted by Crippen LogP contribution is 2.22. The number of nitrogens with zero attached hydrogens (tertiary/aromatic N) is 3. The Labute approximate surface area is 118 Å². The molecule has 1 aromatic heterocycles. The summed E-state index contributed by atoms with van der Waals surface area (Å²) in [7, 11) is 0. The molecule has 108 valence electrons. The van der Waals surface area contributed by atoms with E-state index in [1.807, 2.05) is 20.8 Å². The summed E-state index contributed by atoms with van der Waals surface area (Å²) < 4.78 is 5.30. The lowest BCUT2D eigenvalue weighted by Crippen LogP contribution is -2.35. The van der Waals surface area contributed by atoms with Crippen molar-refractivity contribution in [2.45, 2.75) is 32.8 Å². The Bertz CT molecular complexity index is 496. The van der Waals surface area contributed by atoms with Gasteiger partial charge in [0.1, 0.15) is 11.3 Å². The summed E-state index contributed by atoms with van der Waals surface area (Å²) in [5.41, 5.74) is -0.173. The molecule has 0 bridgehead atoms. The maximum atomic E-state index is 12.2. The number of hydrogen-bond donors (Lipinski definition) is 0. The third-order valence-corrected chi connectivity index (χ3v) is 3.03. The average molecular weight is 277 g/mol. The van der Waals surface area contributed by atoms with E-state index in [0.29, 0.717) is 25.2 Å². The van der Waals surface area contributed by atoms with Crippen molar-refractivity contribution in [3.8, 4) is 0 Å². The van der Waals surface area contributed by atoms with Gasteiger partial charge >= 0.3 is 6.09 Å². The molecular weight excluding hydrogens is 258 g/mol. The minimum absolute atomic E-state index is 0.0656. The number of amides is 1. The van der Waals surface area contributed by atoms with Crippen LogP contribution in [-0.2, 0) is 4.74 Å². The van der Waals surface area contributed by atoms with Gasteiger partial charge in [0, 0.05) is 31.4 Å². The van der Waals surface area contributed by atoms with E-state index in [9.17, 15) is 9.59 Å². The fourth-order valence-corrected chi connectivity index (χ4v) is 2.10. The fourth-order valence-electron chi connectivity index (χ4n) is 2.10. The van der Waals surface area contributed by atoms with Crippen LogP contribution in [-0.4, -0.2) is 45.4 Å². The molecule has 1 atom stereocenters. The number of Topliss-reactive ketones (excluding diaryl/α,β-unsaturated/α-hetero) is 1. The normalized spacial score (nSPS) is 18.9. The molecule has 0 N–H and O–H groups in total. The van der Waals surface area contributed by atoms with E-state index in [2.05, 4.69) is 9.97 Å². The molecule has 2 heterocycles. The molecule has 1 saturated heterocycles. The van der Waals surface area contributed by atoms with Crippen molar-refractivity contribution in [3.63, 3.8) is 0 Å². The predicted octanol–water partition coefficient (Wildman–Crippen LogP) is 1.92. The molecule has 1 fully saturated rings. The van der Waals surface area contributed by atoms with E-state index in [-0.39, 0.29) is 17.8 Å². The first-order valence-electron chi connectivity index (χ1n) is 6.65. The lowest BCUT2D eigenvalue weighted by atomic mass is 10.0. The summed E-state index contributed by atoms with van der Waals surface area (Å²) in [6.07, 6.45) is 4.74. The van der Waals surface area contributed by atoms with Gasteiger partial charge in [-0.3, -0.25) is 9.78 Å². The van der Waals surface area contributed by atoms with E-state index >= 15 is 0 Å². The van der Waals surface area contributed by atoms with Gasteiger partial charge in [-0.05, 0) is 27.2 Å². The summed E-state index contributed by atoms with van der Waals surface area (Å²) in [6.45, 7) is 6.38. The van der Waals surface area contributed by atoms with Crippen LogP contribution in [0.3, 0.4) is 0 Å². The Morgan fingerprint density at radius 2 is 2.10 bits per heavy atom. The maximum absolute atomic E-state index is 12.2. The monoisotopic (exact) mass is 277 g/mol. The highest BCUT2D eigenvalue weighted by molar-refractivity contribution is 5.96. The highest BCUT2D eigenvalue weighted by atomic mass is 16.6. The third kappa shape index (κ3) is 3.53. The summed E-state index contributed by atoms with van der Waals surface area (Å²) in [6, 6.07) is 0. The van der Waals surface area contributed by atoms with Gasteiger partial charge < -0.3 is 9.64 Å². The first-order chi connectivity index (χ1) is 9.37. The number of likely N-dealkylation sites (tertiary alicyclic amines) is 1. The molecule has 0 saturated carbocycles. The number of rotatable bonds is 2. The largest absolute Gasteiger partial charge is 0.444 e. The van der Waals surface area contributed by atoms with Crippen LogP contribution < -0.4 is 0 Å². The molecule has 1 aromatic rings. The Kier molecular flexibility index (Phi) is 4.01. The quantitative estimate of drug-likeness (QED) is 0.772. The standard InChI is InChI=1S/C14H19N3O3/c1-14(2,3)20-13(19)17-7-4-10(9-17)12(18)11-8-15-5-6-16-11/h5-6,8,10H,4,7,9H2,1-3H3. The predicted molar refractivity (Wildman–Crippen MR) is 72.3 cm³/mol. The second-order valence-electron chi connectivity index (χ2n) is 5.87. The van der Waals surface area contributed by atoms with Crippen LogP contribution in [0.25, 0.3) is 0 Å². The van der Waals surface area contributed by atoms with Gasteiger partial charge in [-0.15, -0.1) is 0 Å². The Hall–Kier alpha value is -1.98. The lowest BCUT2D eigenvalue weighted by Gasteiger charge is -2.24. The minimum Gasteiger partial charge on any atom is -0.444 e. The molecule has 6 nitrogen and oxygen atoms in total. The van der Waals surface area contributed by atoms with Crippen molar-refractivity contribution in [2.75, 3.05) is 13.1 Å². The zero-order chi connectivity index (χ0) is 14.8. The van der Waals surface area contributed by atoms with Gasteiger partial charge in [-0.2, -0.15) is 0 Å². The number of ether oxygens (including phenoxy) is 1. The van der Waals surface area contributed by atoms with Crippen molar-refractivity contribution in [1.29, 1.82) is 0 Å². The van der Waals surface area contributed by atoms with Gasteiger partial charge in [-0.1, -0.05) is 0 Å². The molecule has 20 heavy (non-hydrogen) atoms. The summed E-state index contributed by atoms with van der Waals surface area (Å²) in [5.74, 6) is -0.289. The third-order valence-electron chi connectivity index (χ3n) is 3.03. The van der Waals surface area contributed by atoms with E-state index in [1.165, 1.54) is 18.6 Å². The smallest absolute Gasteiger partial charge is 0.410 e. The highest BCUT2D eigenvalue weighted by Gasteiger charge is 2.34. The van der Waals surface area contributed by atoms with Crippen LogP contribution in [0, 0.1) is 5.92 Å². The van der Waals surface area contributed by atoms with E-state index < -0.39 is 5.60 Å². The molecule has 0 radical (unpaired) electrons. The molecular formula is C14H19N3O3. The van der Waals surface area contributed by atoms with Crippen LogP contribution >= 0.6 is 0 Å². The zero-order valence-corrected chi connectivity index (χ0v) is 12.0. The van der Waals surface area contributed by atoms with Crippen LogP contribution in [0.15, 0.2) is 18.6 Å². The minimum atomic E-state index is -0.524. The first-order valence-corrected chi connectivity index (χ1v) is 6.65. The topological polar surface area (TPSA) is 72.4 Å². The van der Waals surface area contributed by atoms with Crippen molar-refractivity contribution in [3.05, 3.63) is 24.3 Å². The average Bonchev–Trinajstić information content (AvgIpc) is 2.86. The second kappa shape index (κ2) is 5.56. The van der Waals surface area contributed by atoms with Crippen molar-refractivity contribution in [2.24, 2.45) is 5.92 Å². The molecule has 1 aliphatic rings. The van der Waals surface area contributed by atoms with Gasteiger partial charge in [0.15, 0.2) is 5.78 Å². The number of ketones is 1. The second-order valence-corrected chi connectivity index (χ2v) is 5.87. The molecule has 0 aliphatic carbocycles. The van der Waals surface area contributed by atoms with Gasteiger partial charge in [0.25, 0.3) is 0 Å². The lowest BCUT2D eigenvalue weighted by molar-refractivity contribution is 0.0289. The number of hydrogen-bond acceptors (Lipinski definition) is 5. The Morgan fingerprint density at radius 1 is 1.35 bits per heavy atom. The van der Waals surface area contributed by atoms with Crippen molar-refractivity contribution >= 4 is 11.9 Å².